The molecule has 0 radical (unpaired) electrons. The third kappa shape index (κ3) is 3.48. The van der Waals surface area contributed by atoms with E-state index in [0.29, 0.717) is 5.56 Å². The van der Waals surface area contributed by atoms with Crippen LogP contribution in [0.5, 0.6) is 5.75 Å². The summed E-state index contributed by atoms with van der Waals surface area (Å²) in [6.45, 7) is 11.7. The average Bonchev–Trinajstić information content (AvgIpc) is 2.53. The predicted octanol–water partition coefficient (Wildman–Crippen LogP) is 5.27. The van der Waals surface area contributed by atoms with Gasteiger partial charge in [0.1, 0.15) is 5.75 Å². The summed E-state index contributed by atoms with van der Waals surface area (Å²) in [6, 6.07) is 12.2. The van der Waals surface area contributed by atoms with Gasteiger partial charge in [-0.1, -0.05) is 52.0 Å². The summed E-state index contributed by atoms with van der Waals surface area (Å²) in [5, 5.41) is 9.22. The first-order valence-electron chi connectivity index (χ1n) is 9.21. The fourth-order valence-corrected chi connectivity index (χ4v) is 3.84. The van der Waals surface area contributed by atoms with Gasteiger partial charge in [-0.3, -0.25) is 0 Å². The molecule has 0 unspecified atom stereocenters. The van der Waals surface area contributed by atoms with E-state index in [1.807, 2.05) is 19.1 Å². The zero-order valence-corrected chi connectivity index (χ0v) is 16.3. The molecule has 0 fully saturated rings. The number of aromatic carboxylic acids is 1. The van der Waals surface area contributed by atoms with Crippen molar-refractivity contribution in [2.24, 2.45) is 0 Å². The van der Waals surface area contributed by atoms with Crippen LogP contribution < -0.4 is 4.74 Å². The molecule has 0 spiro atoms. The van der Waals surface area contributed by atoms with Crippen LogP contribution in [0.3, 0.4) is 0 Å². The second-order valence-corrected chi connectivity index (χ2v) is 8.71. The number of hydrogen-bond donors (Lipinski definition) is 1. The third-order valence-corrected chi connectivity index (χ3v) is 5.64. The zero-order valence-electron chi connectivity index (χ0n) is 16.3. The van der Waals surface area contributed by atoms with Crippen LogP contribution in [0, 0.1) is 6.92 Å². The van der Waals surface area contributed by atoms with E-state index in [-0.39, 0.29) is 10.8 Å². The number of carboxylic acid groups (broad SMARTS) is 1. The minimum Gasteiger partial charge on any atom is -0.493 e. The van der Waals surface area contributed by atoms with Gasteiger partial charge in [0, 0.05) is 5.56 Å². The van der Waals surface area contributed by atoms with Crippen LogP contribution in [0.1, 0.15) is 66.7 Å². The van der Waals surface area contributed by atoms with E-state index in [4.69, 9.17) is 4.74 Å². The van der Waals surface area contributed by atoms with Crippen molar-refractivity contribution in [3.63, 3.8) is 0 Å². The SMILES string of the molecule is Cc1cc(CC(C)(C)c2ccc3c(c2)C(C)(C)CCO3)ccc1C(=O)O. The number of ether oxygens (including phenoxy) is 1. The first-order chi connectivity index (χ1) is 12.1. The molecule has 0 aliphatic carbocycles. The molecule has 3 rings (SSSR count). The second-order valence-electron chi connectivity index (χ2n) is 8.71. The lowest BCUT2D eigenvalue weighted by atomic mass is 9.74. The molecule has 2 aromatic carbocycles. The smallest absolute Gasteiger partial charge is 0.335 e. The highest BCUT2D eigenvalue weighted by molar-refractivity contribution is 5.89. The van der Waals surface area contributed by atoms with E-state index in [1.165, 1.54) is 11.1 Å². The Balaban J connectivity index is 1.91. The molecule has 1 aliphatic rings. The molecule has 138 valence electrons. The predicted molar refractivity (Wildman–Crippen MR) is 104 cm³/mol. The lowest BCUT2D eigenvalue weighted by molar-refractivity contribution is 0.0696. The monoisotopic (exact) mass is 352 g/mol. The lowest BCUT2D eigenvalue weighted by Crippen LogP contribution is -2.28. The molecule has 0 saturated heterocycles. The lowest BCUT2D eigenvalue weighted by Gasteiger charge is -2.35. The average molecular weight is 352 g/mol. The summed E-state index contributed by atoms with van der Waals surface area (Å²) >= 11 is 0. The molecule has 0 amide bonds. The van der Waals surface area contributed by atoms with Crippen molar-refractivity contribution in [3.8, 4) is 5.75 Å². The van der Waals surface area contributed by atoms with Crippen LogP contribution in [0.15, 0.2) is 36.4 Å². The Morgan fingerprint density at radius 3 is 2.58 bits per heavy atom. The summed E-state index contributed by atoms with van der Waals surface area (Å²) in [5.74, 6) is 0.132. The Hall–Kier alpha value is -2.29. The van der Waals surface area contributed by atoms with Crippen LogP contribution in [0.4, 0.5) is 0 Å². The number of rotatable bonds is 4. The van der Waals surface area contributed by atoms with Crippen LogP contribution in [-0.2, 0) is 17.3 Å². The largest absolute Gasteiger partial charge is 0.493 e. The molecular weight excluding hydrogens is 324 g/mol. The Morgan fingerprint density at radius 2 is 1.92 bits per heavy atom. The number of hydrogen-bond acceptors (Lipinski definition) is 2. The van der Waals surface area contributed by atoms with Gasteiger partial charge in [0.15, 0.2) is 0 Å². The minimum atomic E-state index is -0.870. The van der Waals surface area contributed by atoms with Crippen molar-refractivity contribution in [2.75, 3.05) is 6.61 Å². The summed E-state index contributed by atoms with van der Waals surface area (Å²) in [5.41, 5.74) is 4.98. The highest BCUT2D eigenvalue weighted by atomic mass is 16.5. The van der Waals surface area contributed by atoms with Gasteiger partial charge in [0.25, 0.3) is 0 Å². The van der Waals surface area contributed by atoms with Gasteiger partial charge < -0.3 is 9.84 Å². The van der Waals surface area contributed by atoms with Crippen molar-refractivity contribution in [1.82, 2.24) is 0 Å². The Kier molecular flexibility index (Phi) is 4.60. The number of benzene rings is 2. The van der Waals surface area contributed by atoms with Crippen LogP contribution in [0.2, 0.25) is 0 Å². The summed E-state index contributed by atoms with van der Waals surface area (Å²) in [6.07, 6.45) is 1.88. The van der Waals surface area contributed by atoms with Crippen molar-refractivity contribution < 1.29 is 14.6 Å². The molecule has 2 aromatic rings. The molecule has 1 aliphatic heterocycles. The Morgan fingerprint density at radius 1 is 1.19 bits per heavy atom. The zero-order chi connectivity index (χ0) is 19.1. The van der Waals surface area contributed by atoms with Crippen molar-refractivity contribution in [2.45, 2.75) is 58.3 Å². The van der Waals surface area contributed by atoms with E-state index in [2.05, 4.69) is 45.9 Å². The van der Waals surface area contributed by atoms with Gasteiger partial charge in [-0.2, -0.15) is 0 Å². The van der Waals surface area contributed by atoms with Crippen molar-refractivity contribution in [1.29, 1.82) is 0 Å². The van der Waals surface area contributed by atoms with Gasteiger partial charge in [-0.25, -0.2) is 4.79 Å². The highest BCUT2D eigenvalue weighted by Gasteiger charge is 2.31. The molecule has 26 heavy (non-hydrogen) atoms. The second kappa shape index (κ2) is 6.46. The molecular formula is C23H28O3. The minimum absolute atomic E-state index is 0.0558. The maximum absolute atomic E-state index is 11.2. The fraction of sp³-hybridized carbons (Fsp3) is 0.435. The first kappa shape index (κ1) is 18.5. The molecule has 0 aromatic heterocycles. The molecule has 0 saturated carbocycles. The van der Waals surface area contributed by atoms with Gasteiger partial charge in [-0.05, 0) is 59.4 Å². The normalized spacial score (nSPS) is 15.9. The quantitative estimate of drug-likeness (QED) is 0.815. The van der Waals surface area contributed by atoms with E-state index in [1.54, 1.807) is 6.07 Å². The van der Waals surface area contributed by atoms with Crippen molar-refractivity contribution >= 4 is 5.97 Å². The van der Waals surface area contributed by atoms with E-state index >= 15 is 0 Å². The molecule has 0 bridgehead atoms. The molecule has 0 atom stereocenters. The molecule has 1 heterocycles. The Bertz CT molecular complexity index is 847. The van der Waals surface area contributed by atoms with Crippen LogP contribution in [-0.4, -0.2) is 17.7 Å². The summed E-state index contributed by atoms with van der Waals surface area (Å²) in [4.78, 5) is 11.2. The van der Waals surface area contributed by atoms with Crippen LogP contribution in [0.25, 0.3) is 0 Å². The van der Waals surface area contributed by atoms with E-state index in [9.17, 15) is 9.90 Å². The number of aryl methyl sites for hydroxylation is 1. The first-order valence-corrected chi connectivity index (χ1v) is 9.21. The topological polar surface area (TPSA) is 46.5 Å². The summed E-state index contributed by atoms with van der Waals surface area (Å²) in [7, 11) is 0. The number of carbonyl (C=O) groups is 1. The molecule has 3 heteroatoms. The maximum atomic E-state index is 11.2. The maximum Gasteiger partial charge on any atom is 0.335 e. The van der Waals surface area contributed by atoms with E-state index in [0.717, 1.165) is 36.3 Å². The van der Waals surface area contributed by atoms with Gasteiger partial charge in [0.2, 0.25) is 0 Å². The Labute approximate surface area is 156 Å². The highest BCUT2D eigenvalue weighted by Crippen LogP contribution is 2.41. The van der Waals surface area contributed by atoms with Crippen molar-refractivity contribution in [3.05, 3.63) is 64.2 Å². The van der Waals surface area contributed by atoms with Gasteiger partial charge in [0.05, 0.1) is 12.2 Å². The molecule has 1 N–H and O–H groups in total. The number of fused-ring (bicyclic) bond motifs is 1. The fourth-order valence-electron chi connectivity index (χ4n) is 3.84. The standard InChI is InChI=1S/C23H28O3/c1-15-12-16(6-8-18(15)21(24)25)14-23(4,5)17-7-9-20-19(13-17)22(2,3)10-11-26-20/h6-9,12-13H,10-11,14H2,1-5H3,(H,24,25). The van der Waals surface area contributed by atoms with Gasteiger partial charge in [-0.15, -0.1) is 0 Å². The summed E-state index contributed by atoms with van der Waals surface area (Å²) < 4.78 is 5.84. The van der Waals surface area contributed by atoms with Crippen LogP contribution >= 0.6 is 0 Å². The molecule has 3 nitrogen and oxygen atoms in total. The van der Waals surface area contributed by atoms with Gasteiger partial charge >= 0.3 is 5.97 Å². The van der Waals surface area contributed by atoms with E-state index < -0.39 is 5.97 Å². The number of carboxylic acids is 1. The third-order valence-electron chi connectivity index (χ3n) is 5.64.